The molecular formula is C24H35ClN2O2Sn. The van der Waals surface area contributed by atoms with E-state index in [0.29, 0.717) is 18.5 Å². The van der Waals surface area contributed by atoms with Crippen molar-refractivity contribution in [3.8, 4) is 5.75 Å². The van der Waals surface area contributed by atoms with Gasteiger partial charge in [-0.15, -0.1) is 25.2 Å². The summed E-state index contributed by atoms with van der Waals surface area (Å²) in [5, 5.41) is 27.6. The quantitative estimate of drug-likeness (QED) is 0.391. The topological polar surface area (TPSA) is 68.7 Å². The molecule has 0 aromatic heterocycles. The predicted molar refractivity (Wildman–Crippen MR) is 128 cm³/mol. The monoisotopic (exact) mass is 538 g/mol. The van der Waals surface area contributed by atoms with E-state index in [4.69, 9.17) is 8.92 Å². The first-order valence-corrected chi connectivity index (χ1v) is 16.8. The summed E-state index contributed by atoms with van der Waals surface area (Å²) >= 11 is -0.394. The Morgan fingerprint density at radius 3 is 2.47 bits per heavy atom. The Kier molecular flexibility index (Phi) is 10.6. The Morgan fingerprint density at radius 2 is 1.77 bits per heavy atom. The minimum absolute atomic E-state index is 0.117. The zero-order valence-electron chi connectivity index (χ0n) is 17.8. The second kappa shape index (κ2) is 13.2. The predicted octanol–water partition coefficient (Wildman–Crippen LogP) is 6.70. The molecule has 2 N–H and O–H groups in total. The van der Waals surface area contributed by atoms with Gasteiger partial charge in [-0.05, 0) is 18.1 Å². The van der Waals surface area contributed by atoms with Crippen LogP contribution in [0.2, 0.25) is 3.93 Å². The second-order valence-electron chi connectivity index (χ2n) is 8.70. The van der Waals surface area contributed by atoms with E-state index in [1.54, 1.807) is 6.07 Å². The summed E-state index contributed by atoms with van der Waals surface area (Å²) in [5.74, 6) is 0.986. The van der Waals surface area contributed by atoms with Crippen LogP contribution in [0.3, 0.4) is 0 Å². The van der Waals surface area contributed by atoms with Crippen molar-refractivity contribution in [2.24, 2.45) is 5.92 Å². The van der Waals surface area contributed by atoms with Crippen LogP contribution in [-0.4, -0.2) is 55.5 Å². The SMILES string of the molecule is OC1CCCC2CCC[N-]C12.Oc1cccc2c1[N-]CC=C2.[Cl][Sn+2][CH]1CCCCC1. The zero-order valence-corrected chi connectivity index (χ0v) is 21.5. The number of aliphatic hydroxyl groups is 1. The van der Waals surface area contributed by atoms with E-state index in [9.17, 15) is 10.2 Å². The van der Waals surface area contributed by atoms with E-state index >= 15 is 0 Å². The van der Waals surface area contributed by atoms with Gasteiger partial charge in [0.15, 0.2) is 0 Å². The van der Waals surface area contributed by atoms with Gasteiger partial charge in [0, 0.05) is 6.10 Å². The van der Waals surface area contributed by atoms with Crippen molar-refractivity contribution >= 4 is 40.7 Å². The maximum atomic E-state index is 9.61. The van der Waals surface area contributed by atoms with Gasteiger partial charge in [0.1, 0.15) is 5.75 Å². The van der Waals surface area contributed by atoms with E-state index in [2.05, 4.69) is 10.6 Å². The summed E-state index contributed by atoms with van der Waals surface area (Å²) in [6.45, 7) is 1.66. The zero-order chi connectivity index (χ0) is 21.2. The fourth-order valence-electron chi connectivity index (χ4n) is 4.82. The van der Waals surface area contributed by atoms with Gasteiger partial charge in [0.05, 0.1) is 0 Å². The third-order valence-corrected chi connectivity index (χ3v) is 11.1. The maximum absolute atomic E-state index is 9.61. The van der Waals surface area contributed by atoms with E-state index < -0.39 is 20.0 Å². The normalized spacial score (nSPS) is 27.6. The fraction of sp³-hybridized carbons (Fsp3) is 0.667. The second-order valence-corrected chi connectivity index (χ2v) is 13.1. The van der Waals surface area contributed by atoms with Crippen molar-refractivity contribution in [3.63, 3.8) is 0 Å². The van der Waals surface area contributed by atoms with Crippen LogP contribution in [0.4, 0.5) is 5.69 Å². The third kappa shape index (κ3) is 7.32. The van der Waals surface area contributed by atoms with Crippen LogP contribution in [0.15, 0.2) is 24.3 Å². The van der Waals surface area contributed by atoms with Crippen molar-refractivity contribution in [1.82, 2.24) is 0 Å². The average molecular weight is 538 g/mol. The van der Waals surface area contributed by atoms with E-state index in [-0.39, 0.29) is 11.9 Å². The molecule has 0 radical (unpaired) electrons. The molecule has 3 fully saturated rings. The number of nitrogens with zero attached hydrogens (tertiary/aromatic N) is 2. The van der Waals surface area contributed by atoms with Crippen molar-refractivity contribution < 1.29 is 10.2 Å². The van der Waals surface area contributed by atoms with Crippen molar-refractivity contribution in [1.29, 1.82) is 0 Å². The van der Waals surface area contributed by atoms with Crippen LogP contribution >= 0.6 is 8.92 Å². The van der Waals surface area contributed by atoms with Crippen LogP contribution in [0.25, 0.3) is 16.7 Å². The molecule has 0 bridgehead atoms. The Labute approximate surface area is 195 Å². The first kappa shape index (κ1) is 24.2. The molecule has 2 heterocycles. The van der Waals surface area contributed by atoms with Crippen LogP contribution in [0.5, 0.6) is 5.75 Å². The number of aromatic hydroxyl groups is 1. The van der Waals surface area contributed by atoms with Gasteiger partial charge >= 0.3 is 65.0 Å². The summed E-state index contributed by atoms with van der Waals surface area (Å²) in [5.41, 5.74) is 1.71. The summed E-state index contributed by atoms with van der Waals surface area (Å²) in [6, 6.07) is 5.72. The molecule has 4 nitrogen and oxygen atoms in total. The number of phenolic OH excluding ortho intramolecular Hbond substituents is 1. The van der Waals surface area contributed by atoms with Gasteiger partial charge in [-0.3, -0.25) is 0 Å². The molecule has 1 saturated heterocycles. The summed E-state index contributed by atoms with van der Waals surface area (Å²) in [4.78, 5) is 0. The molecule has 2 aliphatic heterocycles. The van der Waals surface area contributed by atoms with Crippen LogP contribution in [0.1, 0.15) is 69.8 Å². The number of benzene rings is 1. The van der Waals surface area contributed by atoms with E-state index in [0.717, 1.165) is 28.2 Å². The fourth-order valence-corrected chi connectivity index (χ4v) is 8.07. The summed E-state index contributed by atoms with van der Waals surface area (Å²) in [7, 11) is 5.85. The van der Waals surface area contributed by atoms with Crippen molar-refractivity contribution in [2.45, 2.75) is 80.3 Å². The van der Waals surface area contributed by atoms with Gasteiger partial charge in [0.2, 0.25) is 0 Å². The molecule has 4 aliphatic rings. The molecule has 5 rings (SSSR count). The first-order valence-electron chi connectivity index (χ1n) is 11.6. The number of phenols is 1. The van der Waals surface area contributed by atoms with Gasteiger partial charge < -0.3 is 20.8 Å². The molecule has 2 aliphatic carbocycles. The third-order valence-electron chi connectivity index (χ3n) is 6.48. The molecular weight excluding hydrogens is 502 g/mol. The number of hydrogen-bond donors (Lipinski definition) is 2. The summed E-state index contributed by atoms with van der Waals surface area (Å²) in [6.07, 6.45) is 17.1. The Morgan fingerprint density at radius 1 is 0.967 bits per heavy atom. The number of fused-ring (bicyclic) bond motifs is 2. The summed E-state index contributed by atoms with van der Waals surface area (Å²) < 4.78 is 1.02. The molecule has 3 unspecified atom stereocenters. The van der Waals surface area contributed by atoms with Gasteiger partial charge in [-0.2, -0.15) is 0 Å². The Bertz CT molecular complexity index is 665. The number of hydrogen-bond acceptors (Lipinski definition) is 2. The van der Waals surface area contributed by atoms with Gasteiger partial charge in [0.25, 0.3) is 0 Å². The molecule has 164 valence electrons. The van der Waals surface area contributed by atoms with Gasteiger partial charge in [-0.1, -0.05) is 55.5 Å². The van der Waals surface area contributed by atoms with Crippen molar-refractivity contribution in [3.05, 3.63) is 40.5 Å². The molecule has 6 heteroatoms. The number of halogens is 1. The van der Waals surface area contributed by atoms with Gasteiger partial charge in [-0.25, -0.2) is 0 Å². The number of piperidine rings is 1. The van der Waals surface area contributed by atoms with Crippen LogP contribution in [0, 0.1) is 5.92 Å². The molecule has 30 heavy (non-hydrogen) atoms. The first-order chi connectivity index (χ1) is 14.7. The van der Waals surface area contributed by atoms with Crippen LogP contribution < -0.4 is 0 Å². The van der Waals surface area contributed by atoms with Crippen LogP contribution in [-0.2, 0) is 0 Å². The number of rotatable bonds is 1. The standard InChI is InChI=1S/C9H16NO.C9H8NO.C6H11.ClH.Sn/c2*11-8-5-1-3-7-4-2-6-10-9(7)8;1-2-4-6-5-3-1;;/h7-9,11H,1-6H2;1-5,11H,6H2;1H,2-6H2;1H;/q2*-1;;;+3/p-1. The number of aliphatic hydroxyl groups excluding tert-OH is 1. The molecule has 1 aromatic rings. The molecule has 1 aromatic carbocycles. The Balaban J connectivity index is 0.000000130. The molecule has 3 atom stereocenters. The number of para-hydroxylation sites is 1. The molecule has 0 amide bonds. The molecule has 0 spiro atoms. The van der Waals surface area contributed by atoms with E-state index in [1.165, 1.54) is 57.8 Å². The minimum atomic E-state index is -0.394. The van der Waals surface area contributed by atoms with E-state index in [1.807, 2.05) is 24.3 Å². The Hall–Kier alpha value is -0.431. The van der Waals surface area contributed by atoms with Crippen molar-refractivity contribution in [2.75, 3.05) is 13.1 Å². The average Bonchev–Trinajstić information content (AvgIpc) is 2.81. The molecule has 2 saturated carbocycles.